The molecule has 0 saturated carbocycles. The number of anilines is 2. The van der Waals surface area contributed by atoms with E-state index in [1.807, 2.05) is 20.8 Å². The standard InChI is InChI=1S/C16H24N6O3/c1-11-9-12(19-24-11)17-13(23)10-21-5-7-22(8-6-21)15-18-14(25-20-15)16(2,3)4/h9H,5-8,10H2,1-4H3,(H,17,19,23). The van der Waals surface area contributed by atoms with Crippen molar-refractivity contribution in [1.82, 2.24) is 20.2 Å². The van der Waals surface area contributed by atoms with Crippen LogP contribution in [0.5, 0.6) is 0 Å². The Hall–Kier alpha value is -2.42. The van der Waals surface area contributed by atoms with Crippen molar-refractivity contribution in [3.63, 3.8) is 0 Å². The minimum Gasteiger partial charge on any atom is -0.360 e. The zero-order chi connectivity index (χ0) is 18.0. The number of aromatic nitrogens is 3. The number of nitrogens with zero attached hydrogens (tertiary/aromatic N) is 5. The van der Waals surface area contributed by atoms with Crippen LogP contribution in [0.3, 0.4) is 0 Å². The van der Waals surface area contributed by atoms with E-state index >= 15 is 0 Å². The number of carbonyl (C=O) groups is 1. The average Bonchev–Trinajstić information content (AvgIpc) is 3.17. The van der Waals surface area contributed by atoms with Gasteiger partial charge in [0.1, 0.15) is 5.76 Å². The van der Waals surface area contributed by atoms with E-state index in [2.05, 4.69) is 30.4 Å². The minimum absolute atomic E-state index is 0.101. The molecule has 3 rings (SSSR count). The highest BCUT2D eigenvalue weighted by atomic mass is 16.5. The lowest BCUT2D eigenvalue weighted by molar-refractivity contribution is -0.117. The van der Waals surface area contributed by atoms with Crippen molar-refractivity contribution >= 4 is 17.7 Å². The van der Waals surface area contributed by atoms with Gasteiger partial charge in [0, 0.05) is 37.7 Å². The second kappa shape index (κ2) is 6.83. The SMILES string of the molecule is Cc1cc(NC(=O)CN2CCN(c3noc(C(C)(C)C)n3)CC2)no1. The zero-order valence-corrected chi connectivity index (χ0v) is 15.1. The van der Waals surface area contributed by atoms with Gasteiger partial charge in [0.15, 0.2) is 5.82 Å². The van der Waals surface area contributed by atoms with Crippen LogP contribution in [0, 0.1) is 6.92 Å². The number of nitrogens with one attached hydrogen (secondary N) is 1. The van der Waals surface area contributed by atoms with Gasteiger partial charge in [-0.2, -0.15) is 4.98 Å². The number of hydrogen-bond acceptors (Lipinski definition) is 8. The molecule has 3 heterocycles. The molecule has 1 fully saturated rings. The molecule has 25 heavy (non-hydrogen) atoms. The number of carbonyl (C=O) groups excluding carboxylic acids is 1. The van der Waals surface area contributed by atoms with E-state index < -0.39 is 0 Å². The Labute approximate surface area is 146 Å². The Morgan fingerprint density at radius 3 is 2.48 bits per heavy atom. The molecule has 136 valence electrons. The highest BCUT2D eigenvalue weighted by Gasteiger charge is 2.26. The number of amides is 1. The summed E-state index contributed by atoms with van der Waals surface area (Å²) in [5.74, 6) is 2.26. The molecule has 1 amide bonds. The molecule has 1 saturated heterocycles. The van der Waals surface area contributed by atoms with Crippen LogP contribution >= 0.6 is 0 Å². The number of aryl methyl sites for hydroxylation is 1. The van der Waals surface area contributed by atoms with Crippen molar-refractivity contribution in [3.8, 4) is 0 Å². The molecule has 0 bridgehead atoms. The van der Waals surface area contributed by atoms with Gasteiger partial charge in [-0.05, 0) is 12.1 Å². The van der Waals surface area contributed by atoms with Crippen molar-refractivity contribution in [2.24, 2.45) is 0 Å². The van der Waals surface area contributed by atoms with E-state index in [9.17, 15) is 4.79 Å². The predicted molar refractivity (Wildman–Crippen MR) is 91.5 cm³/mol. The Kier molecular flexibility index (Phi) is 4.76. The molecule has 1 aliphatic heterocycles. The van der Waals surface area contributed by atoms with Crippen molar-refractivity contribution < 1.29 is 13.8 Å². The average molecular weight is 348 g/mol. The zero-order valence-electron chi connectivity index (χ0n) is 15.1. The molecular weight excluding hydrogens is 324 g/mol. The third-order valence-electron chi connectivity index (χ3n) is 3.97. The lowest BCUT2D eigenvalue weighted by Crippen LogP contribution is -2.49. The Balaban J connectivity index is 1.48. The molecule has 0 aromatic carbocycles. The summed E-state index contributed by atoms with van der Waals surface area (Å²) in [5.41, 5.74) is -0.162. The Morgan fingerprint density at radius 1 is 1.20 bits per heavy atom. The molecule has 0 atom stereocenters. The first kappa shape index (κ1) is 17.4. The Bertz CT molecular complexity index is 724. The molecule has 1 aliphatic rings. The van der Waals surface area contributed by atoms with Crippen LogP contribution < -0.4 is 10.2 Å². The van der Waals surface area contributed by atoms with E-state index in [0.717, 1.165) is 26.2 Å². The van der Waals surface area contributed by atoms with Gasteiger partial charge < -0.3 is 19.3 Å². The van der Waals surface area contributed by atoms with Crippen molar-refractivity contribution in [2.45, 2.75) is 33.1 Å². The number of hydrogen-bond donors (Lipinski definition) is 1. The van der Waals surface area contributed by atoms with Gasteiger partial charge in [-0.15, -0.1) is 0 Å². The van der Waals surface area contributed by atoms with E-state index in [0.29, 0.717) is 30.0 Å². The fourth-order valence-electron chi connectivity index (χ4n) is 2.57. The largest absolute Gasteiger partial charge is 0.360 e. The van der Waals surface area contributed by atoms with Crippen molar-refractivity contribution in [2.75, 3.05) is 42.9 Å². The van der Waals surface area contributed by atoms with Crippen molar-refractivity contribution in [1.29, 1.82) is 0 Å². The molecule has 0 aliphatic carbocycles. The predicted octanol–water partition coefficient (Wildman–Crippen LogP) is 1.42. The highest BCUT2D eigenvalue weighted by molar-refractivity contribution is 5.91. The normalized spacial score (nSPS) is 16.2. The summed E-state index contributed by atoms with van der Waals surface area (Å²) in [6, 6.07) is 1.69. The third-order valence-corrected chi connectivity index (χ3v) is 3.97. The maximum Gasteiger partial charge on any atom is 0.266 e. The van der Waals surface area contributed by atoms with Gasteiger partial charge in [0.25, 0.3) is 5.95 Å². The van der Waals surface area contributed by atoms with E-state index in [4.69, 9.17) is 9.05 Å². The molecule has 0 spiro atoms. The summed E-state index contributed by atoms with van der Waals surface area (Å²) in [7, 11) is 0. The van der Waals surface area contributed by atoms with Crippen LogP contribution in [0.1, 0.15) is 32.4 Å². The van der Waals surface area contributed by atoms with Crippen LogP contribution in [-0.4, -0.2) is 58.8 Å². The first-order valence-corrected chi connectivity index (χ1v) is 8.36. The molecule has 0 radical (unpaired) electrons. The summed E-state index contributed by atoms with van der Waals surface area (Å²) in [5, 5.41) is 10.6. The van der Waals surface area contributed by atoms with Crippen LogP contribution in [0.25, 0.3) is 0 Å². The summed E-state index contributed by atoms with van der Waals surface area (Å²) >= 11 is 0. The van der Waals surface area contributed by atoms with Gasteiger partial charge >= 0.3 is 0 Å². The fourth-order valence-corrected chi connectivity index (χ4v) is 2.57. The van der Waals surface area contributed by atoms with Crippen LogP contribution in [0.2, 0.25) is 0 Å². The lowest BCUT2D eigenvalue weighted by atomic mass is 9.97. The molecule has 2 aromatic heterocycles. The van der Waals surface area contributed by atoms with Crippen molar-refractivity contribution in [3.05, 3.63) is 17.7 Å². The molecular formula is C16H24N6O3. The highest BCUT2D eigenvalue weighted by Crippen LogP contribution is 2.22. The van der Waals surface area contributed by atoms with Gasteiger partial charge in [-0.1, -0.05) is 25.9 Å². The first-order valence-electron chi connectivity index (χ1n) is 8.36. The smallest absolute Gasteiger partial charge is 0.266 e. The number of piperazine rings is 1. The monoisotopic (exact) mass is 348 g/mol. The van der Waals surface area contributed by atoms with Gasteiger partial charge in [0.05, 0.1) is 6.54 Å². The summed E-state index contributed by atoms with van der Waals surface area (Å²) in [4.78, 5) is 20.7. The molecule has 2 aromatic rings. The van der Waals surface area contributed by atoms with Gasteiger partial charge in [-0.3, -0.25) is 9.69 Å². The molecule has 9 nitrogen and oxygen atoms in total. The molecule has 1 N–H and O–H groups in total. The van der Waals surface area contributed by atoms with Gasteiger partial charge in [-0.25, -0.2) is 0 Å². The Morgan fingerprint density at radius 2 is 1.92 bits per heavy atom. The van der Waals surface area contributed by atoms with Gasteiger partial charge in [0.2, 0.25) is 11.8 Å². The third kappa shape index (κ3) is 4.36. The van der Waals surface area contributed by atoms with E-state index in [-0.39, 0.29) is 11.3 Å². The maximum absolute atomic E-state index is 12.1. The van der Waals surface area contributed by atoms with E-state index in [1.165, 1.54) is 0 Å². The summed E-state index contributed by atoms with van der Waals surface area (Å²) < 4.78 is 10.3. The fraction of sp³-hybridized carbons (Fsp3) is 0.625. The minimum atomic E-state index is -0.162. The number of rotatable bonds is 4. The lowest BCUT2D eigenvalue weighted by Gasteiger charge is -2.33. The topological polar surface area (TPSA) is 101 Å². The quantitative estimate of drug-likeness (QED) is 0.885. The van der Waals surface area contributed by atoms with Crippen LogP contribution in [-0.2, 0) is 10.2 Å². The van der Waals surface area contributed by atoms with Crippen LogP contribution in [0.15, 0.2) is 15.1 Å². The molecule has 9 heteroatoms. The van der Waals surface area contributed by atoms with E-state index in [1.54, 1.807) is 13.0 Å². The summed E-state index contributed by atoms with van der Waals surface area (Å²) in [6.07, 6.45) is 0. The summed E-state index contributed by atoms with van der Waals surface area (Å²) in [6.45, 7) is 11.2. The molecule has 0 unspecified atom stereocenters. The first-order chi connectivity index (χ1) is 11.8. The second-order valence-electron chi connectivity index (χ2n) is 7.28. The maximum atomic E-state index is 12.1. The van der Waals surface area contributed by atoms with Crippen LogP contribution in [0.4, 0.5) is 11.8 Å². The second-order valence-corrected chi connectivity index (χ2v) is 7.28.